The molecule has 0 radical (unpaired) electrons. The van der Waals surface area contributed by atoms with Gasteiger partial charge in [0.05, 0.1) is 23.2 Å². The van der Waals surface area contributed by atoms with Gasteiger partial charge in [0.15, 0.2) is 0 Å². The van der Waals surface area contributed by atoms with Crippen LogP contribution in [0.3, 0.4) is 0 Å². The Morgan fingerprint density at radius 3 is 2.67 bits per heavy atom. The van der Waals surface area contributed by atoms with Crippen molar-refractivity contribution in [2.24, 2.45) is 0 Å². The van der Waals surface area contributed by atoms with Gasteiger partial charge in [0, 0.05) is 37.6 Å². The Balaban J connectivity index is 1.39. The van der Waals surface area contributed by atoms with Gasteiger partial charge in [0.2, 0.25) is 5.91 Å². The Morgan fingerprint density at radius 2 is 2.04 bits per heavy atom. The minimum atomic E-state index is -0.0997. The number of piperazine rings is 1. The quantitative estimate of drug-likeness (QED) is 0.852. The van der Waals surface area contributed by atoms with E-state index >= 15 is 0 Å². The fourth-order valence-corrected chi connectivity index (χ4v) is 3.99. The molecule has 1 fully saturated rings. The van der Waals surface area contributed by atoms with Gasteiger partial charge in [-0.15, -0.1) is 11.3 Å². The summed E-state index contributed by atoms with van der Waals surface area (Å²) in [6.45, 7) is 7.05. The van der Waals surface area contributed by atoms with Crippen molar-refractivity contribution in [2.45, 2.75) is 19.5 Å². The Hall–Kier alpha value is -1.34. The van der Waals surface area contributed by atoms with E-state index in [9.17, 15) is 4.79 Å². The number of carbonyl (C=O) groups excluding carboxylic acids is 1. The molecule has 1 N–H and O–H groups in total. The van der Waals surface area contributed by atoms with Crippen LogP contribution in [0.25, 0.3) is 0 Å². The predicted molar refractivity (Wildman–Crippen MR) is 96.3 cm³/mol. The fraction of sp³-hybridized carbons (Fsp3) is 0.471. The zero-order chi connectivity index (χ0) is 16.9. The molecule has 1 aliphatic rings. The van der Waals surface area contributed by atoms with Crippen LogP contribution in [0.4, 0.5) is 0 Å². The Kier molecular flexibility index (Phi) is 5.94. The molecule has 1 atom stereocenters. The van der Waals surface area contributed by atoms with Crippen molar-refractivity contribution in [2.75, 3.05) is 32.7 Å². The zero-order valence-corrected chi connectivity index (χ0v) is 15.3. The summed E-state index contributed by atoms with van der Waals surface area (Å²) in [6, 6.07) is 7.64. The number of hydrogen-bond donors (Lipinski definition) is 1. The molecule has 1 amide bonds. The summed E-state index contributed by atoms with van der Waals surface area (Å²) in [4.78, 5) is 18.1. The van der Waals surface area contributed by atoms with Crippen LogP contribution in [0, 0.1) is 0 Å². The summed E-state index contributed by atoms with van der Waals surface area (Å²) in [7, 11) is 0. The number of nitrogens with zero attached hydrogens (tertiary/aromatic N) is 2. The average molecular weight is 368 g/mol. The van der Waals surface area contributed by atoms with Gasteiger partial charge in [-0.1, -0.05) is 11.6 Å². The molecule has 0 bridgehead atoms. The molecule has 1 aliphatic heterocycles. The number of hydrogen-bond acceptors (Lipinski definition) is 5. The molecule has 3 rings (SSSR count). The van der Waals surface area contributed by atoms with E-state index in [1.807, 2.05) is 25.1 Å². The molecule has 7 heteroatoms. The number of furan rings is 1. The SMILES string of the molecule is CC(NC(=O)CN1CCN(Cc2ccc(Cl)s2)CC1)c1ccco1. The third kappa shape index (κ3) is 4.83. The smallest absolute Gasteiger partial charge is 0.234 e. The molecular weight excluding hydrogens is 346 g/mol. The van der Waals surface area contributed by atoms with E-state index in [0.29, 0.717) is 6.54 Å². The van der Waals surface area contributed by atoms with Crippen LogP contribution in [0.1, 0.15) is 23.6 Å². The largest absolute Gasteiger partial charge is 0.467 e. The molecule has 2 aromatic heterocycles. The predicted octanol–water partition coefficient (Wildman–Crippen LogP) is 2.99. The molecule has 3 heterocycles. The van der Waals surface area contributed by atoms with Crippen LogP contribution in [-0.4, -0.2) is 48.4 Å². The lowest BCUT2D eigenvalue weighted by Crippen LogP contribution is -2.49. The van der Waals surface area contributed by atoms with E-state index < -0.39 is 0 Å². The third-order valence-corrected chi connectivity index (χ3v) is 5.40. The van der Waals surface area contributed by atoms with E-state index in [0.717, 1.165) is 42.8 Å². The average Bonchev–Trinajstić information content (AvgIpc) is 3.21. The van der Waals surface area contributed by atoms with Crippen molar-refractivity contribution in [3.63, 3.8) is 0 Å². The lowest BCUT2D eigenvalue weighted by Gasteiger charge is -2.34. The van der Waals surface area contributed by atoms with Crippen LogP contribution in [-0.2, 0) is 11.3 Å². The zero-order valence-electron chi connectivity index (χ0n) is 13.7. The van der Waals surface area contributed by atoms with Crippen molar-refractivity contribution in [1.29, 1.82) is 0 Å². The monoisotopic (exact) mass is 367 g/mol. The second-order valence-electron chi connectivity index (χ2n) is 6.06. The van der Waals surface area contributed by atoms with E-state index in [1.165, 1.54) is 4.88 Å². The van der Waals surface area contributed by atoms with E-state index in [1.54, 1.807) is 17.6 Å². The van der Waals surface area contributed by atoms with E-state index in [4.69, 9.17) is 16.0 Å². The van der Waals surface area contributed by atoms with Crippen LogP contribution >= 0.6 is 22.9 Å². The maximum atomic E-state index is 12.2. The van der Waals surface area contributed by atoms with Crippen LogP contribution in [0.5, 0.6) is 0 Å². The van der Waals surface area contributed by atoms with Crippen LogP contribution < -0.4 is 5.32 Å². The summed E-state index contributed by atoms with van der Waals surface area (Å²) in [5.74, 6) is 0.820. The summed E-state index contributed by atoms with van der Waals surface area (Å²) in [6.07, 6.45) is 1.62. The molecule has 0 aliphatic carbocycles. The highest BCUT2D eigenvalue weighted by Crippen LogP contribution is 2.23. The van der Waals surface area contributed by atoms with Gasteiger partial charge in [-0.2, -0.15) is 0 Å². The third-order valence-electron chi connectivity index (χ3n) is 4.19. The molecule has 130 valence electrons. The Labute approximate surface area is 151 Å². The topological polar surface area (TPSA) is 48.7 Å². The minimum Gasteiger partial charge on any atom is -0.467 e. The van der Waals surface area contributed by atoms with Crippen molar-refractivity contribution in [3.05, 3.63) is 45.5 Å². The standard InChI is InChI=1S/C17H22ClN3O2S/c1-13(15-3-2-10-23-15)19-17(22)12-21-8-6-20(7-9-21)11-14-4-5-16(18)24-14/h2-5,10,13H,6-9,11-12H2,1H3,(H,19,22). The highest BCUT2D eigenvalue weighted by Gasteiger charge is 2.20. The number of carbonyl (C=O) groups is 1. The summed E-state index contributed by atoms with van der Waals surface area (Å²) in [5, 5.41) is 2.98. The second-order valence-corrected chi connectivity index (χ2v) is 7.86. The minimum absolute atomic E-state index is 0.0392. The van der Waals surface area contributed by atoms with E-state index in [-0.39, 0.29) is 11.9 Å². The first kappa shape index (κ1) is 17.5. The summed E-state index contributed by atoms with van der Waals surface area (Å²) >= 11 is 7.61. The van der Waals surface area contributed by atoms with Crippen molar-refractivity contribution in [3.8, 4) is 0 Å². The maximum Gasteiger partial charge on any atom is 0.234 e. The van der Waals surface area contributed by atoms with Crippen molar-refractivity contribution < 1.29 is 9.21 Å². The molecule has 24 heavy (non-hydrogen) atoms. The number of amides is 1. The van der Waals surface area contributed by atoms with Gasteiger partial charge in [0.25, 0.3) is 0 Å². The highest BCUT2D eigenvalue weighted by atomic mass is 35.5. The first-order valence-corrected chi connectivity index (χ1v) is 9.31. The van der Waals surface area contributed by atoms with E-state index in [2.05, 4.69) is 21.2 Å². The highest BCUT2D eigenvalue weighted by molar-refractivity contribution is 7.16. The van der Waals surface area contributed by atoms with Crippen LogP contribution in [0.2, 0.25) is 4.34 Å². The maximum absolute atomic E-state index is 12.2. The molecule has 2 aromatic rings. The van der Waals surface area contributed by atoms with Gasteiger partial charge >= 0.3 is 0 Å². The molecule has 0 aromatic carbocycles. The molecule has 1 saturated heterocycles. The molecule has 0 saturated carbocycles. The summed E-state index contributed by atoms with van der Waals surface area (Å²) < 4.78 is 6.15. The Bertz CT molecular complexity index is 651. The molecule has 0 spiro atoms. The fourth-order valence-electron chi connectivity index (χ4n) is 2.86. The second kappa shape index (κ2) is 8.16. The van der Waals surface area contributed by atoms with Crippen molar-refractivity contribution in [1.82, 2.24) is 15.1 Å². The number of thiophene rings is 1. The van der Waals surface area contributed by atoms with Crippen molar-refractivity contribution >= 4 is 28.8 Å². The molecule has 5 nitrogen and oxygen atoms in total. The summed E-state index contributed by atoms with van der Waals surface area (Å²) in [5.41, 5.74) is 0. The van der Waals surface area contributed by atoms with Gasteiger partial charge in [-0.05, 0) is 31.2 Å². The van der Waals surface area contributed by atoms with Gasteiger partial charge in [-0.25, -0.2) is 0 Å². The van der Waals surface area contributed by atoms with Gasteiger partial charge in [0.1, 0.15) is 5.76 Å². The van der Waals surface area contributed by atoms with Gasteiger partial charge in [-0.3, -0.25) is 14.6 Å². The first-order valence-electron chi connectivity index (χ1n) is 8.12. The lowest BCUT2D eigenvalue weighted by atomic mass is 10.2. The first-order chi connectivity index (χ1) is 11.6. The Morgan fingerprint density at radius 1 is 1.29 bits per heavy atom. The number of rotatable bonds is 6. The van der Waals surface area contributed by atoms with Gasteiger partial charge < -0.3 is 9.73 Å². The normalized spacial score (nSPS) is 17.8. The molecular formula is C17H22ClN3O2S. The number of nitrogens with one attached hydrogen (secondary N) is 1. The lowest BCUT2D eigenvalue weighted by molar-refractivity contribution is -0.123. The van der Waals surface area contributed by atoms with Crippen LogP contribution in [0.15, 0.2) is 34.9 Å². The molecule has 1 unspecified atom stereocenters. The number of halogens is 1.